The van der Waals surface area contributed by atoms with Gasteiger partial charge in [-0.3, -0.25) is 4.79 Å². The number of pyridine rings is 1. The van der Waals surface area contributed by atoms with E-state index in [0.29, 0.717) is 5.39 Å². The molecule has 0 saturated carbocycles. The van der Waals surface area contributed by atoms with Crippen LogP contribution in [0.25, 0.3) is 17.0 Å². The van der Waals surface area contributed by atoms with E-state index in [1.165, 1.54) is 6.07 Å². The second kappa shape index (κ2) is 2.90. The number of H-pyrrole nitrogens is 1. The van der Waals surface area contributed by atoms with Crippen LogP contribution in [0.5, 0.6) is 0 Å². The zero-order valence-electron chi connectivity index (χ0n) is 7.08. The topological polar surface area (TPSA) is 32.9 Å². The number of para-hydroxylation sites is 1. The second-order valence-electron chi connectivity index (χ2n) is 2.82. The van der Waals surface area contributed by atoms with E-state index in [0.717, 1.165) is 11.1 Å². The summed E-state index contributed by atoms with van der Waals surface area (Å²) in [6, 6.07) is 7.11. The minimum atomic E-state index is 0.0393. The molecule has 1 aromatic heterocycles. The van der Waals surface area contributed by atoms with Crippen molar-refractivity contribution in [3.63, 3.8) is 0 Å². The number of fused-ring (bicyclic) bond motifs is 1. The summed E-state index contributed by atoms with van der Waals surface area (Å²) >= 11 is 0. The van der Waals surface area contributed by atoms with Crippen LogP contribution < -0.4 is 5.43 Å². The first-order chi connectivity index (χ1) is 6.33. The van der Waals surface area contributed by atoms with Crippen LogP contribution >= 0.6 is 0 Å². The van der Waals surface area contributed by atoms with Crippen LogP contribution in [-0.4, -0.2) is 4.98 Å². The molecule has 2 rings (SSSR count). The number of aromatic amines is 1. The highest BCUT2D eigenvalue weighted by Crippen LogP contribution is 2.13. The monoisotopic (exact) mass is 171 g/mol. The largest absolute Gasteiger partial charge is 0.360 e. The molecule has 0 amide bonds. The van der Waals surface area contributed by atoms with Gasteiger partial charge in [0.2, 0.25) is 0 Å². The van der Waals surface area contributed by atoms with Crippen LogP contribution in [0.4, 0.5) is 0 Å². The fourth-order valence-electron chi connectivity index (χ4n) is 1.40. The van der Waals surface area contributed by atoms with Gasteiger partial charge in [-0.1, -0.05) is 24.8 Å². The summed E-state index contributed by atoms with van der Waals surface area (Å²) in [6.45, 7) is 3.69. The van der Waals surface area contributed by atoms with Gasteiger partial charge in [-0.2, -0.15) is 0 Å². The van der Waals surface area contributed by atoms with Crippen LogP contribution in [0.15, 0.2) is 41.8 Å². The summed E-state index contributed by atoms with van der Waals surface area (Å²) in [4.78, 5) is 14.4. The highest BCUT2D eigenvalue weighted by atomic mass is 16.1. The molecule has 0 atom stereocenters. The third-order valence-corrected chi connectivity index (χ3v) is 2.04. The molecule has 1 N–H and O–H groups in total. The second-order valence-corrected chi connectivity index (χ2v) is 2.82. The van der Waals surface area contributed by atoms with Gasteiger partial charge >= 0.3 is 0 Å². The average Bonchev–Trinajstić information content (AvgIpc) is 2.18. The van der Waals surface area contributed by atoms with Gasteiger partial charge in [0, 0.05) is 17.6 Å². The number of rotatable bonds is 1. The Hall–Kier alpha value is -1.83. The molecule has 64 valence electrons. The summed E-state index contributed by atoms with van der Waals surface area (Å²) in [5.41, 5.74) is 1.85. The first-order valence-electron chi connectivity index (χ1n) is 4.06. The molecule has 0 fully saturated rings. The highest BCUT2D eigenvalue weighted by Gasteiger charge is 1.99. The van der Waals surface area contributed by atoms with Gasteiger partial charge in [-0.05, 0) is 11.6 Å². The maximum absolute atomic E-state index is 11.4. The molecule has 0 radical (unpaired) electrons. The summed E-state index contributed by atoms with van der Waals surface area (Å²) in [6.07, 6.45) is 3.38. The lowest BCUT2D eigenvalue weighted by Crippen LogP contribution is -2.00. The maximum Gasteiger partial charge on any atom is 0.189 e. The lowest BCUT2D eigenvalue weighted by atomic mass is 10.1. The maximum atomic E-state index is 11.4. The zero-order valence-corrected chi connectivity index (χ0v) is 7.08. The normalized spacial score (nSPS) is 10.2. The SMILES string of the molecule is C=Cc1cccc2c(=O)cc[nH]c12. The summed E-state index contributed by atoms with van der Waals surface area (Å²) < 4.78 is 0. The Labute approximate surface area is 75.5 Å². The Balaban J connectivity index is 3.00. The minimum absolute atomic E-state index is 0.0393. The van der Waals surface area contributed by atoms with E-state index in [2.05, 4.69) is 11.6 Å². The third kappa shape index (κ3) is 1.16. The summed E-state index contributed by atoms with van der Waals surface area (Å²) in [5, 5.41) is 0.708. The van der Waals surface area contributed by atoms with Crippen molar-refractivity contribution in [2.75, 3.05) is 0 Å². The van der Waals surface area contributed by atoms with Gasteiger partial charge in [0.05, 0.1) is 5.52 Å². The smallest absolute Gasteiger partial charge is 0.189 e. The number of aromatic nitrogens is 1. The summed E-state index contributed by atoms with van der Waals surface area (Å²) in [7, 11) is 0. The molecule has 0 aliphatic rings. The lowest BCUT2D eigenvalue weighted by molar-refractivity contribution is 1.38. The van der Waals surface area contributed by atoms with Crippen molar-refractivity contribution in [3.8, 4) is 0 Å². The van der Waals surface area contributed by atoms with Crippen molar-refractivity contribution in [1.82, 2.24) is 4.98 Å². The number of benzene rings is 1. The van der Waals surface area contributed by atoms with E-state index >= 15 is 0 Å². The van der Waals surface area contributed by atoms with E-state index in [1.807, 2.05) is 12.1 Å². The van der Waals surface area contributed by atoms with Crippen molar-refractivity contribution in [2.24, 2.45) is 0 Å². The van der Waals surface area contributed by atoms with Gasteiger partial charge in [0.25, 0.3) is 0 Å². The molecule has 0 bridgehead atoms. The molecule has 1 heterocycles. The highest BCUT2D eigenvalue weighted by molar-refractivity contribution is 5.86. The Morgan fingerprint density at radius 1 is 1.31 bits per heavy atom. The third-order valence-electron chi connectivity index (χ3n) is 2.04. The Morgan fingerprint density at radius 3 is 2.92 bits per heavy atom. The van der Waals surface area contributed by atoms with E-state index in [9.17, 15) is 4.79 Å². The van der Waals surface area contributed by atoms with Crippen LogP contribution in [-0.2, 0) is 0 Å². The Bertz CT molecular complexity index is 511. The molecule has 2 heteroatoms. The first-order valence-corrected chi connectivity index (χ1v) is 4.06. The molecule has 0 spiro atoms. The molecule has 2 aromatic rings. The number of hydrogen-bond acceptors (Lipinski definition) is 1. The van der Waals surface area contributed by atoms with Crippen LogP contribution in [0.1, 0.15) is 5.56 Å². The molecular formula is C11H9NO. The van der Waals surface area contributed by atoms with E-state index in [4.69, 9.17) is 0 Å². The molecule has 1 aromatic carbocycles. The van der Waals surface area contributed by atoms with Gasteiger partial charge in [0.1, 0.15) is 0 Å². The van der Waals surface area contributed by atoms with Crippen molar-refractivity contribution in [1.29, 1.82) is 0 Å². The fraction of sp³-hybridized carbons (Fsp3) is 0. The standard InChI is InChI=1S/C11H9NO/c1-2-8-4-3-5-9-10(13)6-7-12-11(8)9/h2-7H,1H2,(H,12,13). The van der Waals surface area contributed by atoms with Crippen molar-refractivity contribution >= 4 is 17.0 Å². The van der Waals surface area contributed by atoms with Crippen LogP contribution in [0.2, 0.25) is 0 Å². The fourth-order valence-corrected chi connectivity index (χ4v) is 1.40. The van der Waals surface area contributed by atoms with E-state index in [-0.39, 0.29) is 5.43 Å². The quantitative estimate of drug-likeness (QED) is 0.700. The van der Waals surface area contributed by atoms with Gasteiger partial charge in [0.15, 0.2) is 5.43 Å². The molecule has 0 aliphatic heterocycles. The Morgan fingerprint density at radius 2 is 2.15 bits per heavy atom. The van der Waals surface area contributed by atoms with E-state index < -0.39 is 0 Å². The summed E-state index contributed by atoms with van der Waals surface area (Å²) in [5.74, 6) is 0. The van der Waals surface area contributed by atoms with Gasteiger partial charge in [-0.15, -0.1) is 0 Å². The van der Waals surface area contributed by atoms with Crippen LogP contribution in [0, 0.1) is 0 Å². The number of hydrogen-bond donors (Lipinski definition) is 1. The lowest BCUT2D eigenvalue weighted by Gasteiger charge is -1.99. The molecule has 13 heavy (non-hydrogen) atoms. The first kappa shape index (κ1) is 7.80. The molecule has 2 nitrogen and oxygen atoms in total. The molecule has 0 unspecified atom stereocenters. The van der Waals surface area contributed by atoms with Crippen molar-refractivity contribution in [2.45, 2.75) is 0 Å². The average molecular weight is 171 g/mol. The molecular weight excluding hydrogens is 162 g/mol. The van der Waals surface area contributed by atoms with Crippen molar-refractivity contribution < 1.29 is 0 Å². The van der Waals surface area contributed by atoms with Crippen molar-refractivity contribution in [3.05, 3.63) is 52.8 Å². The minimum Gasteiger partial charge on any atom is -0.360 e. The predicted octanol–water partition coefficient (Wildman–Crippen LogP) is 2.17. The van der Waals surface area contributed by atoms with Crippen LogP contribution in [0.3, 0.4) is 0 Å². The zero-order chi connectivity index (χ0) is 9.26. The molecule has 0 aliphatic carbocycles. The van der Waals surface area contributed by atoms with Gasteiger partial charge in [-0.25, -0.2) is 0 Å². The number of nitrogens with one attached hydrogen (secondary N) is 1. The molecule has 0 saturated heterocycles. The Kier molecular flexibility index (Phi) is 1.74. The van der Waals surface area contributed by atoms with E-state index in [1.54, 1.807) is 18.3 Å². The predicted molar refractivity (Wildman–Crippen MR) is 54.7 cm³/mol. The van der Waals surface area contributed by atoms with Gasteiger partial charge < -0.3 is 4.98 Å².